The molecule has 2 rings (SSSR count). The third-order valence-corrected chi connectivity index (χ3v) is 3.50. The van der Waals surface area contributed by atoms with Crippen LogP contribution < -0.4 is 10.6 Å². The topological polar surface area (TPSA) is 58.2 Å². The van der Waals surface area contributed by atoms with Crippen LogP contribution in [0.5, 0.6) is 0 Å². The van der Waals surface area contributed by atoms with Gasteiger partial charge in [0.25, 0.3) is 11.8 Å². The zero-order valence-electron chi connectivity index (χ0n) is 11.4. The predicted molar refractivity (Wildman–Crippen MR) is 84.2 cm³/mol. The van der Waals surface area contributed by atoms with E-state index >= 15 is 0 Å². The molecule has 0 fully saturated rings. The zero-order chi connectivity index (χ0) is 16.3. The minimum atomic E-state index is -0.754. The van der Waals surface area contributed by atoms with Gasteiger partial charge in [-0.05, 0) is 24.3 Å². The van der Waals surface area contributed by atoms with Gasteiger partial charge in [-0.2, -0.15) is 0 Å². The maximum absolute atomic E-state index is 13.5. The number of hydrogen-bond acceptors (Lipinski definition) is 2. The van der Waals surface area contributed by atoms with E-state index in [9.17, 15) is 14.0 Å². The molecule has 0 heterocycles. The van der Waals surface area contributed by atoms with E-state index in [4.69, 9.17) is 23.2 Å². The summed E-state index contributed by atoms with van der Waals surface area (Å²) in [6.45, 7) is 0. The summed E-state index contributed by atoms with van der Waals surface area (Å²) in [5.74, 6) is -1.75. The first-order chi connectivity index (χ1) is 10.4. The Balaban J connectivity index is 2.34. The molecule has 0 bridgehead atoms. The molecule has 2 aromatic rings. The summed E-state index contributed by atoms with van der Waals surface area (Å²) in [7, 11) is 1.48. The Bertz CT molecular complexity index is 750. The Kier molecular flexibility index (Phi) is 5.00. The van der Waals surface area contributed by atoms with Crippen molar-refractivity contribution in [3.05, 3.63) is 63.4 Å². The number of carbonyl (C=O) groups excluding carboxylic acids is 2. The van der Waals surface area contributed by atoms with Gasteiger partial charge in [-0.15, -0.1) is 0 Å². The Morgan fingerprint density at radius 2 is 1.68 bits per heavy atom. The molecule has 0 aromatic heterocycles. The van der Waals surface area contributed by atoms with Crippen molar-refractivity contribution in [1.82, 2.24) is 5.32 Å². The number of rotatable bonds is 3. The van der Waals surface area contributed by atoms with Gasteiger partial charge in [0.1, 0.15) is 5.82 Å². The van der Waals surface area contributed by atoms with Gasteiger partial charge in [0.2, 0.25) is 0 Å². The molecule has 0 aliphatic rings. The fourth-order valence-corrected chi connectivity index (χ4v) is 2.28. The van der Waals surface area contributed by atoms with Gasteiger partial charge in [0, 0.05) is 7.05 Å². The monoisotopic (exact) mass is 340 g/mol. The van der Waals surface area contributed by atoms with Crippen LogP contribution in [0.2, 0.25) is 10.0 Å². The maximum Gasteiger partial charge on any atom is 0.257 e. The fraction of sp³-hybridized carbons (Fsp3) is 0.0667. The Morgan fingerprint density at radius 1 is 1.00 bits per heavy atom. The lowest BCUT2D eigenvalue weighted by Gasteiger charge is -2.11. The second-order valence-corrected chi connectivity index (χ2v) is 5.14. The summed E-state index contributed by atoms with van der Waals surface area (Å²) in [6.07, 6.45) is 0. The van der Waals surface area contributed by atoms with Crippen LogP contribution in [-0.4, -0.2) is 18.9 Å². The molecule has 7 heteroatoms. The van der Waals surface area contributed by atoms with Crippen LogP contribution in [0.3, 0.4) is 0 Å². The van der Waals surface area contributed by atoms with E-state index in [1.807, 2.05) is 0 Å². The molecule has 4 nitrogen and oxygen atoms in total. The lowest BCUT2D eigenvalue weighted by Crippen LogP contribution is -2.21. The van der Waals surface area contributed by atoms with Gasteiger partial charge >= 0.3 is 0 Å². The Morgan fingerprint density at radius 3 is 2.36 bits per heavy atom. The van der Waals surface area contributed by atoms with Crippen LogP contribution in [0.25, 0.3) is 0 Å². The number of hydrogen-bond donors (Lipinski definition) is 2. The van der Waals surface area contributed by atoms with Crippen LogP contribution in [0.15, 0.2) is 36.4 Å². The van der Waals surface area contributed by atoms with E-state index in [2.05, 4.69) is 10.6 Å². The van der Waals surface area contributed by atoms with Gasteiger partial charge in [0.15, 0.2) is 0 Å². The van der Waals surface area contributed by atoms with Crippen molar-refractivity contribution in [3.8, 4) is 0 Å². The molecule has 0 unspecified atom stereocenters. The van der Waals surface area contributed by atoms with Crippen molar-refractivity contribution in [3.63, 3.8) is 0 Å². The summed E-state index contributed by atoms with van der Waals surface area (Å²) >= 11 is 11.5. The third kappa shape index (κ3) is 3.37. The fourth-order valence-electron chi connectivity index (χ4n) is 1.81. The highest BCUT2D eigenvalue weighted by Gasteiger charge is 2.17. The Labute approximate surface area is 136 Å². The normalized spacial score (nSPS) is 10.2. The number of benzene rings is 2. The molecule has 0 spiro atoms. The van der Waals surface area contributed by atoms with E-state index < -0.39 is 11.7 Å². The summed E-state index contributed by atoms with van der Waals surface area (Å²) in [4.78, 5) is 24.0. The van der Waals surface area contributed by atoms with Crippen molar-refractivity contribution >= 4 is 40.7 Å². The van der Waals surface area contributed by atoms with E-state index in [1.54, 1.807) is 24.3 Å². The van der Waals surface area contributed by atoms with E-state index in [0.29, 0.717) is 5.69 Å². The lowest BCUT2D eigenvalue weighted by atomic mass is 10.1. The lowest BCUT2D eigenvalue weighted by molar-refractivity contribution is 0.0964. The molecule has 0 aliphatic carbocycles. The Hall–Kier alpha value is -2.11. The molecule has 2 N–H and O–H groups in total. The number of anilines is 1. The van der Waals surface area contributed by atoms with Gasteiger partial charge in [-0.25, -0.2) is 4.39 Å². The largest absolute Gasteiger partial charge is 0.355 e. The van der Waals surface area contributed by atoms with Gasteiger partial charge in [0.05, 0.1) is 26.9 Å². The second-order valence-electron chi connectivity index (χ2n) is 4.32. The van der Waals surface area contributed by atoms with E-state index in [1.165, 1.54) is 7.05 Å². The van der Waals surface area contributed by atoms with Crippen LogP contribution in [0, 0.1) is 5.82 Å². The number of nitrogens with one attached hydrogen (secondary N) is 2. The highest BCUT2D eigenvalue weighted by Crippen LogP contribution is 2.25. The number of halogens is 3. The van der Waals surface area contributed by atoms with E-state index in [-0.39, 0.29) is 27.1 Å². The molecule has 2 aromatic carbocycles. The molecule has 0 aliphatic heterocycles. The molecule has 0 saturated heterocycles. The molecule has 114 valence electrons. The summed E-state index contributed by atoms with van der Waals surface area (Å²) in [5.41, 5.74) is 0.498. The number of carbonyl (C=O) groups is 2. The van der Waals surface area contributed by atoms with Gasteiger partial charge < -0.3 is 10.6 Å². The zero-order valence-corrected chi connectivity index (χ0v) is 12.9. The minimum absolute atomic E-state index is 0.0151. The molecular weight excluding hydrogens is 330 g/mol. The van der Waals surface area contributed by atoms with Crippen molar-refractivity contribution in [2.45, 2.75) is 0 Å². The number of para-hydroxylation sites is 1. The average Bonchev–Trinajstić information content (AvgIpc) is 2.50. The summed E-state index contributed by atoms with van der Waals surface area (Å²) in [6, 6.07) is 8.53. The van der Waals surface area contributed by atoms with Crippen molar-refractivity contribution in [2.75, 3.05) is 12.4 Å². The minimum Gasteiger partial charge on any atom is -0.355 e. The van der Waals surface area contributed by atoms with Crippen LogP contribution in [0.4, 0.5) is 10.1 Å². The van der Waals surface area contributed by atoms with Crippen LogP contribution >= 0.6 is 23.2 Å². The molecule has 22 heavy (non-hydrogen) atoms. The molecule has 0 radical (unpaired) electrons. The van der Waals surface area contributed by atoms with E-state index in [0.717, 1.165) is 12.1 Å². The first kappa shape index (κ1) is 16.3. The smallest absolute Gasteiger partial charge is 0.257 e. The molecular formula is C15H11Cl2FN2O2. The van der Waals surface area contributed by atoms with Gasteiger partial charge in [-0.1, -0.05) is 35.3 Å². The highest BCUT2D eigenvalue weighted by molar-refractivity contribution is 6.37. The van der Waals surface area contributed by atoms with Gasteiger partial charge in [-0.3, -0.25) is 9.59 Å². The highest BCUT2D eigenvalue weighted by atomic mass is 35.5. The second kappa shape index (κ2) is 6.77. The predicted octanol–water partition coefficient (Wildman–Crippen LogP) is 3.74. The SMILES string of the molecule is CNC(=O)c1ccccc1NC(=O)c1cc(F)c(Cl)cc1Cl. The molecule has 0 atom stereocenters. The molecule has 0 saturated carbocycles. The third-order valence-electron chi connectivity index (χ3n) is 2.90. The van der Waals surface area contributed by atoms with Crippen LogP contribution in [0.1, 0.15) is 20.7 Å². The number of amides is 2. The van der Waals surface area contributed by atoms with Crippen molar-refractivity contribution < 1.29 is 14.0 Å². The first-order valence-electron chi connectivity index (χ1n) is 6.21. The summed E-state index contributed by atoms with van der Waals surface area (Å²) < 4.78 is 13.5. The first-order valence-corrected chi connectivity index (χ1v) is 6.96. The standard InChI is InChI=1S/C15H11Cl2FN2O2/c1-19-14(21)8-4-2-3-5-13(8)20-15(22)9-6-12(18)11(17)7-10(9)16/h2-7H,1H3,(H,19,21)(H,20,22). The summed E-state index contributed by atoms with van der Waals surface area (Å²) in [5, 5.41) is 4.85. The van der Waals surface area contributed by atoms with Crippen LogP contribution in [-0.2, 0) is 0 Å². The maximum atomic E-state index is 13.5. The quantitative estimate of drug-likeness (QED) is 0.836. The van der Waals surface area contributed by atoms with Crippen molar-refractivity contribution in [2.24, 2.45) is 0 Å². The van der Waals surface area contributed by atoms with Crippen molar-refractivity contribution in [1.29, 1.82) is 0 Å². The average molecular weight is 341 g/mol. The molecule has 2 amide bonds.